The number of rotatable bonds is 5. The number of hydrogen-bond acceptors (Lipinski definition) is 5. The molecule has 2 heterocycles. The Morgan fingerprint density at radius 1 is 1.33 bits per heavy atom. The third-order valence-electron chi connectivity index (χ3n) is 3.68. The zero-order valence-electron chi connectivity index (χ0n) is 13.9. The van der Waals surface area contributed by atoms with Crippen LogP contribution >= 0.6 is 11.8 Å². The highest BCUT2D eigenvalue weighted by atomic mass is 32.2. The lowest BCUT2D eigenvalue weighted by atomic mass is 10.1. The van der Waals surface area contributed by atoms with Gasteiger partial charge in [-0.25, -0.2) is 9.97 Å². The van der Waals surface area contributed by atoms with Crippen LogP contribution in [0.15, 0.2) is 40.5 Å². The van der Waals surface area contributed by atoms with Gasteiger partial charge < -0.3 is 10.3 Å². The first-order chi connectivity index (χ1) is 12.8. The summed E-state index contributed by atoms with van der Waals surface area (Å²) < 4.78 is 39.2. The van der Waals surface area contributed by atoms with Crippen LogP contribution in [0, 0.1) is 0 Å². The lowest BCUT2D eigenvalue weighted by Gasteiger charge is -2.17. The molecule has 0 unspecified atom stereocenters. The molecule has 27 heavy (non-hydrogen) atoms. The highest BCUT2D eigenvalue weighted by Gasteiger charge is 2.34. The molecule has 3 aromatic rings. The molecule has 3 N–H and O–H groups in total. The SMILES string of the molecule is CC[C@@H](Sc1nc2nc[nH]c2c(=O)[nH]1)C(=O)Nc1ccccc1C(F)(F)F. The van der Waals surface area contributed by atoms with Crippen LogP contribution in [0.5, 0.6) is 0 Å². The summed E-state index contributed by atoms with van der Waals surface area (Å²) in [5.41, 5.74) is -1.30. The normalized spacial score (nSPS) is 12.9. The first kappa shape index (κ1) is 19.0. The van der Waals surface area contributed by atoms with Crippen LogP contribution in [-0.4, -0.2) is 31.1 Å². The van der Waals surface area contributed by atoms with Gasteiger partial charge in [0.1, 0.15) is 0 Å². The summed E-state index contributed by atoms with van der Waals surface area (Å²) in [6.07, 6.45) is -2.96. The number of para-hydroxylation sites is 1. The first-order valence-corrected chi connectivity index (χ1v) is 8.74. The van der Waals surface area contributed by atoms with Gasteiger partial charge in [0, 0.05) is 0 Å². The van der Waals surface area contributed by atoms with Gasteiger partial charge in [0.15, 0.2) is 16.3 Å². The molecule has 0 bridgehead atoms. The molecule has 2 aromatic heterocycles. The third-order valence-corrected chi connectivity index (χ3v) is 4.93. The first-order valence-electron chi connectivity index (χ1n) is 7.86. The zero-order chi connectivity index (χ0) is 19.6. The lowest BCUT2D eigenvalue weighted by Crippen LogP contribution is -2.26. The summed E-state index contributed by atoms with van der Waals surface area (Å²) in [4.78, 5) is 37.6. The minimum atomic E-state index is -4.59. The Bertz CT molecular complexity index is 1030. The molecule has 0 spiro atoms. The molecule has 7 nitrogen and oxygen atoms in total. The maximum atomic E-state index is 13.1. The summed E-state index contributed by atoms with van der Waals surface area (Å²) in [5.74, 6) is -0.621. The quantitative estimate of drug-likeness (QED) is 0.453. The van der Waals surface area contributed by atoms with Crippen molar-refractivity contribution in [1.82, 2.24) is 19.9 Å². The molecule has 0 saturated carbocycles. The van der Waals surface area contributed by atoms with E-state index in [0.717, 1.165) is 17.8 Å². The second-order valence-corrected chi connectivity index (χ2v) is 6.71. The number of thioether (sulfide) groups is 1. The molecule has 1 amide bonds. The molecule has 0 aliphatic carbocycles. The van der Waals surface area contributed by atoms with Gasteiger partial charge in [-0.15, -0.1) is 0 Å². The van der Waals surface area contributed by atoms with Crippen molar-refractivity contribution in [3.8, 4) is 0 Å². The Morgan fingerprint density at radius 3 is 2.78 bits per heavy atom. The van der Waals surface area contributed by atoms with E-state index in [0.29, 0.717) is 6.42 Å². The standard InChI is InChI=1S/C16H14F3N5O2S/c1-2-10(27-15-23-12-11(14(26)24-15)20-7-21-12)13(25)22-9-6-4-3-5-8(9)16(17,18)19/h3-7,10H,2H2,1H3,(H,22,25)(H2,20,21,23,24,26)/t10-/m1/s1. The third kappa shape index (κ3) is 4.13. The second kappa shape index (κ2) is 7.43. The van der Waals surface area contributed by atoms with Crippen LogP contribution in [0.25, 0.3) is 11.2 Å². The number of alkyl halides is 3. The number of nitrogens with one attached hydrogen (secondary N) is 3. The Morgan fingerprint density at radius 2 is 2.07 bits per heavy atom. The number of H-pyrrole nitrogens is 2. The smallest absolute Gasteiger partial charge is 0.339 e. The number of nitrogens with zero attached hydrogens (tertiary/aromatic N) is 2. The monoisotopic (exact) mass is 397 g/mol. The molecule has 0 aliphatic rings. The fourth-order valence-electron chi connectivity index (χ4n) is 2.39. The average molecular weight is 397 g/mol. The number of carbonyl (C=O) groups is 1. The molecule has 0 aliphatic heterocycles. The Balaban J connectivity index is 1.81. The van der Waals surface area contributed by atoms with E-state index in [-0.39, 0.29) is 22.0 Å². The number of halogens is 3. The molecular formula is C16H14F3N5O2S. The molecule has 3 rings (SSSR count). The van der Waals surface area contributed by atoms with Crippen LogP contribution in [0.3, 0.4) is 0 Å². The van der Waals surface area contributed by atoms with Gasteiger partial charge in [0.05, 0.1) is 22.8 Å². The number of aromatic nitrogens is 4. The van der Waals surface area contributed by atoms with Crippen molar-refractivity contribution in [3.63, 3.8) is 0 Å². The number of benzene rings is 1. The van der Waals surface area contributed by atoms with E-state index in [1.165, 1.54) is 24.5 Å². The van der Waals surface area contributed by atoms with Gasteiger partial charge in [-0.2, -0.15) is 13.2 Å². The minimum absolute atomic E-state index is 0.158. The van der Waals surface area contributed by atoms with Gasteiger partial charge in [0.25, 0.3) is 5.56 Å². The average Bonchev–Trinajstić information content (AvgIpc) is 3.08. The summed E-state index contributed by atoms with van der Waals surface area (Å²) >= 11 is 0.948. The van der Waals surface area contributed by atoms with Crippen molar-refractivity contribution in [2.24, 2.45) is 0 Å². The Labute approximate surface area is 154 Å². The van der Waals surface area contributed by atoms with E-state index in [9.17, 15) is 22.8 Å². The maximum absolute atomic E-state index is 13.1. The fourth-order valence-corrected chi connectivity index (χ4v) is 3.28. The second-order valence-electron chi connectivity index (χ2n) is 5.52. The van der Waals surface area contributed by atoms with Gasteiger partial charge in [0.2, 0.25) is 5.91 Å². The van der Waals surface area contributed by atoms with Crippen LogP contribution < -0.4 is 10.9 Å². The molecule has 0 saturated heterocycles. The Kier molecular flexibility index (Phi) is 5.22. The number of imidazole rings is 1. The number of aromatic amines is 2. The van der Waals surface area contributed by atoms with Gasteiger partial charge in [-0.05, 0) is 18.6 Å². The number of hydrogen-bond donors (Lipinski definition) is 3. The summed E-state index contributed by atoms with van der Waals surface area (Å²) in [6.45, 7) is 1.71. The largest absolute Gasteiger partial charge is 0.418 e. The topological polar surface area (TPSA) is 104 Å². The van der Waals surface area contributed by atoms with Gasteiger partial charge in [-0.1, -0.05) is 30.8 Å². The van der Waals surface area contributed by atoms with E-state index in [4.69, 9.17) is 0 Å². The van der Waals surface area contributed by atoms with E-state index in [1.807, 2.05) is 0 Å². The van der Waals surface area contributed by atoms with E-state index in [1.54, 1.807) is 6.92 Å². The molecule has 0 radical (unpaired) electrons. The van der Waals surface area contributed by atoms with Crippen molar-refractivity contribution < 1.29 is 18.0 Å². The van der Waals surface area contributed by atoms with Gasteiger partial charge >= 0.3 is 6.18 Å². The van der Waals surface area contributed by atoms with Crippen LogP contribution in [0.2, 0.25) is 0 Å². The number of amides is 1. The summed E-state index contributed by atoms with van der Waals surface area (Å²) in [7, 11) is 0. The van der Waals surface area contributed by atoms with Crippen molar-refractivity contribution in [1.29, 1.82) is 0 Å². The fraction of sp³-hybridized carbons (Fsp3) is 0.250. The van der Waals surface area contributed by atoms with Crippen LogP contribution in [0.1, 0.15) is 18.9 Å². The highest BCUT2D eigenvalue weighted by molar-refractivity contribution is 8.00. The molecular weight excluding hydrogens is 383 g/mol. The predicted octanol–water partition coefficient (Wildman–Crippen LogP) is 3.17. The van der Waals surface area contributed by atoms with Crippen molar-refractivity contribution in [2.75, 3.05) is 5.32 Å². The number of carbonyl (C=O) groups excluding carboxylic acids is 1. The van der Waals surface area contributed by atoms with Crippen molar-refractivity contribution >= 4 is 34.5 Å². The van der Waals surface area contributed by atoms with E-state index >= 15 is 0 Å². The summed E-state index contributed by atoms with van der Waals surface area (Å²) in [6, 6.07) is 4.74. The lowest BCUT2D eigenvalue weighted by molar-refractivity contribution is -0.137. The minimum Gasteiger partial charge on any atom is -0.339 e. The molecule has 142 valence electrons. The zero-order valence-corrected chi connectivity index (χ0v) is 14.7. The molecule has 11 heteroatoms. The van der Waals surface area contributed by atoms with Crippen molar-refractivity contribution in [2.45, 2.75) is 29.9 Å². The number of fused-ring (bicyclic) bond motifs is 1. The highest BCUT2D eigenvalue weighted by Crippen LogP contribution is 2.35. The van der Waals surface area contributed by atoms with Gasteiger partial charge in [-0.3, -0.25) is 14.6 Å². The van der Waals surface area contributed by atoms with E-state index < -0.39 is 28.5 Å². The number of anilines is 1. The molecule has 1 atom stereocenters. The van der Waals surface area contributed by atoms with Crippen molar-refractivity contribution in [3.05, 3.63) is 46.5 Å². The molecule has 1 aromatic carbocycles. The van der Waals surface area contributed by atoms with Crippen LogP contribution in [-0.2, 0) is 11.0 Å². The van der Waals surface area contributed by atoms with E-state index in [2.05, 4.69) is 25.3 Å². The molecule has 0 fully saturated rings. The van der Waals surface area contributed by atoms with Crippen LogP contribution in [0.4, 0.5) is 18.9 Å². The Hall–Kier alpha value is -2.82. The summed E-state index contributed by atoms with van der Waals surface area (Å²) in [5, 5.41) is 1.71. The predicted molar refractivity (Wildman–Crippen MR) is 94.5 cm³/mol. The maximum Gasteiger partial charge on any atom is 0.418 e.